The summed E-state index contributed by atoms with van der Waals surface area (Å²) in [5, 5.41) is 14.5. The molecule has 7 heteroatoms. The average molecular weight is 491 g/mol. The number of aliphatic hydroxyl groups excluding tert-OH is 1. The highest BCUT2D eigenvalue weighted by Crippen LogP contribution is 2.34. The van der Waals surface area contributed by atoms with Gasteiger partial charge in [-0.2, -0.15) is 0 Å². The molecule has 2 aromatic carbocycles. The molecule has 0 amide bonds. The van der Waals surface area contributed by atoms with E-state index in [-0.39, 0.29) is 18.4 Å². The largest absolute Gasteiger partial charge is 0.390 e. The predicted octanol–water partition coefficient (Wildman–Crippen LogP) is 4.20. The van der Waals surface area contributed by atoms with Gasteiger partial charge in [-0.1, -0.05) is 45.0 Å². The lowest BCUT2D eigenvalue weighted by molar-refractivity contribution is 0.0188. The minimum Gasteiger partial charge on any atom is -0.390 e. The molecule has 1 aliphatic heterocycles. The molecule has 0 spiro atoms. The van der Waals surface area contributed by atoms with Crippen LogP contribution < -0.4 is 11.1 Å². The van der Waals surface area contributed by atoms with E-state index in [0.717, 1.165) is 30.9 Å². The Labute approximate surface area is 208 Å². The number of halogens is 2. The highest BCUT2D eigenvalue weighted by Gasteiger charge is 2.34. The first-order chi connectivity index (χ1) is 16.6. The number of hydrogen-bond donors (Lipinski definition) is 3. The number of aliphatic hydroxyl groups is 1. The van der Waals surface area contributed by atoms with Crippen molar-refractivity contribution in [3.05, 3.63) is 70.8 Å². The molecule has 3 unspecified atom stereocenters. The molecule has 0 aromatic heterocycles. The van der Waals surface area contributed by atoms with Crippen molar-refractivity contribution in [2.75, 3.05) is 33.0 Å². The quantitative estimate of drug-likeness (QED) is 0.543. The molecule has 4 N–H and O–H groups in total. The summed E-state index contributed by atoms with van der Waals surface area (Å²) in [5.74, 6) is -1.30. The molecule has 194 valence electrons. The molecule has 1 heterocycles. The number of rotatable bonds is 7. The van der Waals surface area contributed by atoms with Crippen molar-refractivity contribution in [1.29, 1.82) is 0 Å². The highest BCUT2D eigenvalue weighted by atomic mass is 19.1. The van der Waals surface area contributed by atoms with E-state index in [0.29, 0.717) is 32.0 Å². The highest BCUT2D eigenvalue weighted by molar-refractivity contribution is 5.33. The molecule has 0 saturated carbocycles. The Bertz CT molecular complexity index is 918. The molecule has 5 nitrogen and oxygen atoms in total. The van der Waals surface area contributed by atoms with Gasteiger partial charge in [0.2, 0.25) is 0 Å². The second kappa shape index (κ2) is 12.4. The number of benzene rings is 2. The fraction of sp³-hybridized carbons (Fsp3) is 0.571. The SMILES string of the molecule is CC(C)(C)c1cccc(C2(NCC(O)C(N)Cc3cc(F)cc(F)c3)CCCOCCOCC2)c1. The second-order valence-electron chi connectivity index (χ2n) is 10.6. The first-order valence-corrected chi connectivity index (χ1v) is 12.5. The predicted molar refractivity (Wildman–Crippen MR) is 134 cm³/mol. The molecular weight excluding hydrogens is 450 g/mol. The summed E-state index contributed by atoms with van der Waals surface area (Å²) in [6.07, 6.45) is 1.66. The van der Waals surface area contributed by atoms with Crippen LogP contribution in [0.5, 0.6) is 0 Å². The third kappa shape index (κ3) is 8.05. The maximum Gasteiger partial charge on any atom is 0.126 e. The van der Waals surface area contributed by atoms with E-state index in [2.05, 4.69) is 50.4 Å². The first kappa shape index (κ1) is 27.7. The van der Waals surface area contributed by atoms with Crippen LogP contribution >= 0.6 is 0 Å². The summed E-state index contributed by atoms with van der Waals surface area (Å²) in [5.41, 5.74) is 8.60. The Balaban J connectivity index is 1.80. The van der Waals surface area contributed by atoms with Gasteiger partial charge < -0.3 is 25.6 Å². The van der Waals surface area contributed by atoms with Gasteiger partial charge in [0, 0.05) is 37.4 Å². The van der Waals surface area contributed by atoms with E-state index >= 15 is 0 Å². The molecule has 1 saturated heterocycles. The Morgan fingerprint density at radius 2 is 1.69 bits per heavy atom. The van der Waals surface area contributed by atoms with Crippen molar-refractivity contribution >= 4 is 0 Å². The molecule has 0 radical (unpaired) electrons. The number of hydrogen-bond acceptors (Lipinski definition) is 5. The Morgan fingerprint density at radius 1 is 1.00 bits per heavy atom. The van der Waals surface area contributed by atoms with Crippen LogP contribution in [-0.2, 0) is 26.8 Å². The molecule has 1 aliphatic rings. The maximum atomic E-state index is 13.6. The van der Waals surface area contributed by atoms with E-state index in [1.807, 2.05) is 0 Å². The smallest absolute Gasteiger partial charge is 0.126 e. The molecule has 0 aliphatic carbocycles. The van der Waals surface area contributed by atoms with Gasteiger partial charge in [0.1, 0.15) is 11.6 Å². The third-order valence-corrected chi connectivity index (χ3v) is 6.76. The molecule has 1 fully saturated rings. The van der Waals surface area contributed by atoms with Crippen molar-refractivity contribution in [3.8, 4) is 0 Å². The first-order valence-electron chi connectivity index (χ1n) is 12.5. The Morgan fingerprint density at radius 3 is 2.37 bits per heavy atom. The summed E-state index contributed by atoms with van der Waals surface area (Å²) >= 11 is 0. The Kier molecular flexibility index (Phi) is 9.78. The lowest BCUT2D eigenvalue weighted by Gasteiger charge is -2.38. The molecule has 0 bridgehead atoms. The van der Waals surface area contributed by atoms with Crippen LogP contribution in [0.15, 0.2) is 42.5 Å². The van der Waals surface area contributed by atoms with Crippen LogP contribution in [0.25, 0.3) is 0 Å². The van der Waals surface area contributed by atoms with Gasteiger partial charge in [0.15, 0.2) is 0 Å². The zero-order valence-corrected chi connectivity index (χ0v) is 21.2. The minimum atomic E-state index is -0.906. The molecular formula is C28H40F2N2O3. The number of nitrogens with two attached hydrogens (primary N) is 1. The number of ether oxygens (including phenoxy) is 2. The lowest BCUT2D eigenvalue weighted by Crippen LogP contribution is -2.51. The summed E-state index contributed by atoms with van der Waals surface area (Å²) in [6, 6.07) is 11.2. The van der Waals surface area contributed by atoms with E-state index in [1.165, 1.54) is 17.7 Å². The monoisotopic (exact) mass is 490 g/mol. The molecule has 3 rings (SSSR count). The third-order valence-electron chi connectivity index (χ3n) is 6.76. The van der Waals surface area contributed by atoms with Crippen molar-refractivity contribution < 1.29 is 23.4 Å². The van der Waals surface area contributed by atoms with Crippen LogP contribution in [0.1, 0.15) is 56.7 Å². The van der Waals surface area contributed by atoms with Gasteiger partial charge in [-0.05, 0) is 59.9 Å². The topological polar surface area (TPSA) is 76.7 Å². The van der Waals surface area contributed by atoms with Gasteiger partial charge in [-0.3, -0.25) is 0 Å². The second-order valence-corrected chi connectivity index (χ2v) is 10.6. The average Bonchev–Trinajstić information content (AvgIpc) is 2.80. The molecule has 3 atom stereocenters. The van der Waals surface area contributed by atoms with Crippen molar-refractivity contribution in [3.63, 3.8) is 0 Å². The lowest BCUT2D eigenvalue weighted by atomic mass is 9.78. The summed E-state index contributed by atoms with van der Waals surface area (Å²) < 4.78 is 38.7. The standard InChI is InChI=1S/C28H40F2N2O3/c1-27(2,3)21-6-4-7-22(17-21)28(8-5-10-34-12-13-35-11-9-28)32-19-26(33)25(31)16-20-14-23(29)18-24(30)15-20/h4,6-7,14-15,17-18,25-26,32-33H,5,8-13,16,19,31H2,1-3H3. The van der Waals surface area contributed by atoms with Crippen molar-refractivity contribution in [1.82, 2.24) is 5.32 Å². The summed E-state index contributed by atoms with van der Waals surface area (Å²) in [6.45, 7) is 9.14. The van der Waals surface area contributed by atoms with Gasteiger partial charge in [0.25, 0.3) is 0 Å². The summed E-state index contributed by atoms with van der Waals surface area (Å²) in [7, 11) is 0. The number of nitrogens with one attached hydrogen (secondary N) is 1. The van der Waals surface area contributed by atoms with Crippen LogP contribution in [-0.4, -0.2) is 50.2 Å². The van der Waals surface area contributed by atoms with Crippen molar-refractivity contribution in [2.24, 2.45) is 5.73 Å². The van der Waals surface area contributed by atoms with Gasteiger partial charge >= 0.3 is 0 Å². The van der Waals surface area contributed by atoms with Crippen molar-refractivity contribution in [2.45, 2.75) is 69.6 Å². The minimum absolute atomic E-state index is 0.00506. The molecule has 35 heavy (non-hydrogen) atoms. The summed E-state index contributed by atoms with van der Waals surface area (Å²) in [4.78, 5) is 0. The van der Waals surface area contributed by atoms with Gasteiger partial charge in [0.05, 0.1) is 19.3 Å². The zero-order valence-electron chi connectivity index (χ0n) is 21.2. The van der Waals surface area contributed by atoms with Crippen LogP contribution in [0.2, 0.25) is 0 Å². The van der Waals surface area contributed by atoms with E-state index in [9.17, 15) is 13.9 Å². The van der Waals surface area contributed by atoms with Gasteiger partial charge in [-0.15, -0.1) is 0 Å². The fourth-order valence-corrected chi connectivity index (χ4v) is 4.61. The normalized spacial score (nSPS) is 21.9. The molecule has 2 aromatic rings. The maximum absolute atomic E-state index is 13.6. The zero-order chi connectivity index (χ0) is 25.5. The van der Waals surface area contributed by atoms with Crippen LogP contribution in [0.3, 0.4) is 0 Å². The van der Waals surface area contributed by atoms with E-state index in [1.54, 1.807) is 0 Å². The van der Waals surface area contributed by atoms with E-state index in [4.69, 9.17) is 15.2 Å². The van der Waals surface area contributed by atoms with Gasteiger partial charge in [-0.25, -0.2) is 8.78 Å². The fourth-order valence-electron chi connectivity index (χ4n) is 4.61. The van der Waals surface area contributed by atoms with Crippen LogP contribution in [0.4, 0.5) is 8.78 Å². The van der Waals surface area contributed by atoms with E-state index < -0.39 is 29.3 Å². The van der Waals surface area contributed by atoms with Crippen LogP contribution in [0, 0.1) is 11.6 Å². The Hall–Kier alpha value is -1.90.